The Kier molecular flexibility index (Phi) is 5.64. The highest BCUT2D eigenvalue weighted by atomic mass is 19.1. The molecule has 6 heteroatoms. The molecule has 1 aromatic rings. The van der Waals surface area contributed by atoms with E-state index in [1.54, 1.807) is 0 Å². The zero-order valence-corrected chi connectivity index (χ0v) is 11.9. The molecule has 0 saturated carbocycles. The molecule has 4 nitrogen and oxygen atoms in total. The Morgan fingerprint density at radius 1 is 1.48 bits per heavy atom. The summed E-state index contributed by atoms with van der Waals surface area (Å²) < 4.78 is 37.2. The van der Waals surface area contributed by atoms with E-state index in [2.05, 4.69) is 5.32 Å². The van der Waals surface area contributed by atoms with Crippen LogP contribution in [0.4, 0.5) is 8.78 Å². The lowest BCUT2D eigenvalue weighted by molar-refractivity contribution is -0.125. The van der Waals surface area contributed by atoms with Gasteiger partial charge < -0.3 is 14.8 Å². The van der Waals surface area contributed by atoms with Crippen molar-refractivity contribution in [3.63, 3.8) is 0 Å². The second-order valence-corrected chi connectivity index (χ2v) is 4.94. The van der Waals surface area contributed by atoms with Crippen LogP contribution in [0.15, 0.2) is 18.2 Å². The molecular weight excluding hydrogens is 280 g/mol. The van der Waals surface area contributed by atoms with Gasteiger partial charge in [-0.05, 0) is 25.0 Å². The van der Waals surface area contributed by atoms with Crippen LogP contribution in [0.25, 0.3) is 0 Å². The van der Waals surface area contributed by atoms with Gasteiger partial charge in [0.05, 0.1) is 19.1 Å². The smallest absolute Gasteiger partial charge is 0.224 e. The highest BCUT2D eigenvalue weighted by Crippen LogP contribution is 2.13. The number of hydrogen-bond acceptors (Lipinski definition) is 3. The molecule has 116 valence electrons. The van der Waals surface area contributed by atoms with Gasteiger partial charge in [0.1, 0.15) is 17.7 Å². The molecule has 1 aliphatic rings. The second kappa shape index (κ2) is 7.47. The van der Waals surface area contributed by atoms with Gasteiger partial charge in [-0.3, -0.25) is 4.79 Å². The molecule has 0 radical (unpaired) electrons. The van der Waals surface area contributed by atoms with E-state index in [0.717, 1.165) is 12.1 Å². The molecular formula is C15H19F2NO3. The summed E-state index contributed by atoms with van der Waals surface area (Å²) in [4.78, 5) is 12.0. The van der Waals surface area contributed by atoms with Crippen LogP contribution >= 0.6 is 0 Å². The molecule has 1 aromatic carbocycles. The second-order valence-electron chi connectivity index (χ2n) is 4.94. The van der Waals surface area contributed by atoms with Crippen molar-refractivity contribution in [2.75, 3.05) is 19.8 Å². The normalized spacial score (nSPS) is 22.0. The Labute approximate surface area is 122 Å². The average molecular weight is 299 g/mol. The summed E-state index contributed by atoms with van der Waals surface area (Å²) in [7, 11) is 0. The lowest BCUT2D eigenvalue weighted by atomic mass is 10.0. The largest absolute Gasteiger partial charge is 0.379 e. The first-order valence-corrected chi connectivity index (χ1v) is 7.02. The maximum absolute atomic E-state index is 13.5. The van der Waals surface area contributed by atoms with Gasteiger partial charge in [0.25, 0.3) is 0 Å². The van der Waals surface area contributed by atoms with Gasteiger partial charge >= 0.3 is 0 Å². The van der Waals surface area contributed by atoms with Crippen molar-refractivity contribution in [1.29, 1.82) is 0 Å². The molecule has 0 unspecified atom stereocenters. The highest BCUT2D eigenvalue weighted by molar-refractivity contribution is 5.79. The molecule has 2 rings (SSSR count). The summed E-state index contributed by atoms with van der Waals surface area (Å²) in [5.74, 6) is -1.67. The molecule has 1 saturated heterocycles. The number of ether oxygens (including phenoxy) is 2. The number of carbonyl (C=O) groups is 1. The zero-order chi connectivity index (χ0) is 15.2. The third kappa shape index (κ3) is 4.47. The Hall–Kier alpha value is -1.53. The van der Waals surface area contributed by atoms with Crippen molar-refractivity contribution in [3.8, 4) is 0 Å². The van der Waals surface area contributed by atoms with E-state index in [9.17, 15) is 13.6 Å². The Bertz CT molecular complexity index is 494. The monoisotopic (exact) mass is 299 g/mol. The number of hydrogen-bond donors (Lipinski definition) is 1. The molecule has 1 fully saturated rings. The Morgan fingerprint density at radius 3 is 3.00 bits per heavy atom. The topological polar surface area (TPSA) is 47.6 Å². The standard InChI is InChI=1S/C15H19F2NO3/c1-2-21-14-9-20-6-5-13(14)18-15(19)7-10-3-4-11(16)8-12(10)17/h3-4,8,13-14H,2,5-7,9H2,1H3,(H,18,19)/t13-,14-/m1/s1. The molecule has 1 amide bonds. The predicted octanol–water partition coefficient (Wildman–Crippen LogP) is 1.82. The van der Waals surface area contributed by atoms with Crippen molar-refractivity contribution in [3.05, 3.63) is 35.4 Å². The summed E-state index contributed by atoms with van der Waals surface area (Å²) >= 11 is 0. The lowest BCUT2D eigenvalue weighted by Gasteiger charge is -2.31. The molecule has 0 aromatic heterocycles. The molecule has 1 aliphatic heterocycles. The molecule has 1 heterocycles. The van der Waals surface area contributed by atoms with Gasteiger partial charge in [0, 0.05) is 19.3 Å². The first kappa shape index (κ1) is 15.9. The lowest BCUT2D eigenvalue weighted by Crippen LogP contribution is -2.50. The van der Waals surface area contributed by atoms with Crippen LogP contribution in [0.1, 0.15) is 18.9 Å². The van der Waals surface area contributed by atoms with Crippen LogP contribution in [0.5, 0.6) is 0 Å². The summed E-state index contributed by atoms with van der Waals surface area (Å²) in [6.07, 6.45) is 0.343. The fourth-order valence-electron chi connectivity index (χ4n) is 2.35. The third-order valence-corrected chi connectivity index (χ3v) is 3.40. The van der Waals surface area contributed by atoms with E-state index in [4.69, 9.17) is 9.47 Å². The molecule has 0 aliphatic carbocycles. The van der Waals surface area contributed by atoms with Gasteiger partial charge in [-0.25, -0.2) is 8.78 Å². The molecule has 0 spiro atoms. The third-order valence-electron chi connectivity index (χ3n) is 3.40. The molecule has 0 bridgehead atoms. The first-order chi connectivity index (χ1) is 10.1. The van der Waals surface area contributed by atoms with Crippen LogP contribution in [-0.4, -0.2) is 37.9 Å². The van der Waals surface area contributed by atoms with Crippen LogP contribution < -0.4 is 5.32 Å². The predicted molar refractivity (Wildman–Crippen MR) is 72.8 cm³/mol. The fourth-order valence-corrected chi connectivity index (χ4v) is 2.35. The Balaban J connectivity index is 1.93. The van der Waals surface area contributed by atoms with Crippen molar-refractivity contribution in [2.24, 2.45) is 0 Å². The SMILES string of the molecule is CCO[C@@H]1COCC[C@H]1NC(=O)Cc1ccc(F)cc1F. The maximum atomic E-state index is 13.5. The van der Waals surface area contributed by atoms with Gasteiger partial charge in [0.15, 0.2) is 0 Å². The van der Waals surface area contributed by atoms with E-state index in [1.165, 1.54) is 6.07 Å². The van der Waals surface area contributed by atoms with E-state index in [1.807, 2.05) is 6.92 Å². The fraction of sp³-hybridized carbons (Fsp3) is 0.533. The highest BCUT2D eigenvalue weighted by Gasteiger charge is 2.27. The van der Waals surface area contributed by atoms with Crippen molar-refractivity contribution < 1.29 is 23.0 Å². The summed E-state index contributed by atoms with van der Waals surface area (Å²) in [5, 5.41) is 2.84. The first-order valence-electron chi connectivity index (χ1n) is 7.02. The number of halogens is 2. The minimum atomic E-state index is -0.710. The van der Waals surface area contributed by atoms with Gasteiger partial charge in [-0.15, -0.1) is 0 Å². The van der Waals surface area contributed by atoms with Crippen LogP contribution in [0.3, 0.4) is 0 Å². The van der Waals surface area contributed by atoms with Crippen LogP contribution in [0.2, 0.25) is 0 Å². The molecule has 2 atom stereocenters. The maximum Gasteiger partial charge on any atom is 0.224 e. The number of nitrogens with one attached hydrogen (secondary N) is 1. The molecule has 21 heavy (non-hydrogen) atoms. The van der Waals surface area contributed by atoms with Crippen molar-refractivity contribution in [2.45, 2.75) is 31.9 Å². The van der Waals surface area contributed by atoms with Crippen molar-refractivity contribution in [1.82, 2.24) is 5.32 Å². The quantitative estimate of drug-likeness (QED) is 0.902. The van der Waals surface area contributed by atoms with Gasteiger partial charge in [0.2, 0.25) is 5.91 Å². The van der Waals surface area contributed by atoms with E-state index in [-0.39, 0.29) is 30.0 Å². The number of carbonyl (C=O) groups excluding carboxylic acids is 1. The summed E-state index contributed by atoms with van der Waals surface area (Å²) in [6.45, 7) is 3.40. The van der Waals surface area contributed by atoms with E-state index < -0.39 is 11.6 Å². The average Bonchev–Trinajstić information content (AvgIpc) is 2.44. The minimum absolute atomic E-state index is 0.123. The van der Waals surface area contributed by atoms with Gasteiger partial charge in [-0.2, -0.15) is 0 Å². The zero-order valence-electron chi connectivity index (χ0n) is 11.9. The number of rotatable bonds is 5. The Morgan fingerprint density at radius 2 is 2.29 bits per heavy atom. The van der Waals surface area contributed by atoms with E-state index >= 15 is 0 Å². The summed E-state index contributed by atoms with van der Waals surface area (Å²) in [5.41, 5.74) is 0.175. The van der Waals surface area contributed by atoms with Crippen LogP contribution in [0, 0.1) is 11.6 Å². The van der Waals surface area contributed by atoms with E-state index in [0.29, 0.717) is 26.2 Å². The van der Waals surface area contributed by atoms with Gasteiger partial charge in [-0.1, -0.05) is 6.07 Å². The van der Waals surface area contributed by atoms with Crippen LogP contribution in [-0.2, 0) is 20.7 Å². The summed E-state index contributed by atoms with van der Waals surface area (Å²) in [6, 6.07) is 3.06. The minimum Gasteiger partial charge on any atom is -0.379 e. The molecule has 1 N–H and O–H groups in total. The number of amides is 1. The van der Waals surface area contributed by atoms with Crippen molar-refractivity contribution >= 4 is 5.91 Å². The number of benzene rings is 1.